The topological polar surface area (TPSA) is 46.5 Å². The van der Waals surface area contributed by atoms with E-state index in [2.05, 4.69) is 0 Å². The maximum absolute atomic E-state index is 11.3. The van der Waals surface area contributed by atoms with E-state index < -0.39 is 12.1 Å². The lowest BCUT2D eigenvalue weighted by Gasteiger charge is -2.17. The lowest BCUT2D eigenvalue weighted by atomic mass is 10.0. The summed E-state index contributed by atoms with van der Waals surface area (Å²) in [6.45, 7) is 0. The van der Waals surface area contributed by atoms with Gasteiger partial charge in [-0.15, -0.1) is 0 Å². The number of aliphatic carboxylic acids is 1. The summed E-state index contributed by atoms with van der Waals surface area (Å²) < 4.78 is 5.79. The second-order valence-electron chi connectivity index (χ2n) is 5.08. The highest BCUT2D eigenvalue weighted by atomic mass is 16.5. The van der Waals surface area contributed by atoms with E-state index in [1.165, 1.54) is 0 Å². The molecule has 1 aliphatic carbocycles. The molecule has 1 fully saturated rings. The lowest BCUT2D eigenvalue weighted by Crippen LogP contribution is -2.29. The van der Waals surface area contributed by atoms with Gasteiger partial charge >= 0.3 is 5.97 Å². The van der Waals surface area contributed by atoms with Crippen LogP contribution in [0.4, 0.5) is 0 Å². The molecule has 0 amide bonds. The molecular weight excluding hydrogens is 252 g/mol. The third-order valence-electron chi connectivity index (χ3n) is 3.52. The summed E-state index contributed by atoms with van der Waals surface area (Å²) in [5.41, 5.74) is 1.96. The van der Waals surface area contributed by atoms with Crippen LogP contribution in [-0.4, -0.2) is 17.2 Å². The minimum Gasteiger partial charge on any atom is -0.478 e. The number of para-hydroxylation sites is 1. The van der Waals surface area contributed by atoms with Crippen molar-refractivity contribution >= 4 is 5.97 Å². The summed E-state index contributed by atoms with van der Waals surface area (Å²) in [4.78, 5) is 11.3. The van der Waals surface area contributed by atoms with Gasteiger partial charge in [0.15, 0.2) is 6.10 Å². The van der Waals surface area contributed by atoms with Crippen molar-refractivity contribution in [3.05, 3.63) is 54.6 Å². The molecule has 0 saturated heterocycles. The van der Waals surface area contributed by atoms with E-state index in [1.807, 2.05) is 54.6 Å². The zero-order chi connectivity index (χ0) is 13.9. The molecule has 3 rings (SSSR count). The van der Waals surface area contributed by atoms with Crippen molar-refractivity contribution in [1.82, 2.24) is 0 Å². The fraction of sp³-hybridized carbons (Fsp3) is 0.235. The van der Waals surface area contributed by atoms with E-state index in [0.717, 1.165) is 24.0 Å². The van der Waals surface area contributed by atoms with Gasteiger partial charge in [0.05, 0.1) is 0 Å². The molecule has 0 aromatic heterocycles. The van der Waals surface area contributed by atoms with Crippen molar-refractivity contribution in [2.75, 3.05) is 0 Å². The highest BCUT2D eigenvalue weighted by Crippen LogP contribution is 2.37. The third kappa shape index (κ3) is 2.67. The van der Waals surface area contributed by atoms with Gasteiger partial charge in [-0.3, -0.25) is 0 Å². The van der Waals surface area contributed by atoms with Crippen LogP contribution in [-0.2, 0) is 4.79 Å². The molecule has 1 aliphatic rings. The van der Waals surface area contributed by atoms with Crippen LogP contribution in [0.25, 0.3) is 11.1 Å². The Morgan fingerprint density at radius 1 is 1.05 bits per heavy atom. The Hall–Kier alpha value is -2.29. The van der Waals surface area contributed by atoms with Crippen LogP contribution >= 0.6 is 0 Å². The zero-order valence-corrected chi connectivity index (χ0v) is 11.0. The maximum Gasteiger partial charge on any atom is 0.345 e. The minimum absolute atomic E-state index is 0.149. The molecule has 3 nitrogen and oxygen atoms in total. The average molecular weight is 268 g/mol. The van der Waals surface area contributed by atoms with Crippen LogP contribution in [0.1, 0.15) is 12.8 Å². The SMILES string of the molecule is O=C(O)C(Oc1ccccc1-c1ccccc1)C1CC1. The molecule has 0 aliphatic heterocycles. The average Bonchev–Trinajstić information content (AvgIpc) is 3.30. The van der Waals surface area contributed by atoms with Gasteiger partial charge in [-0.05, 0) is 24.5 Å². The highest BCUT2D eigenvalue weighted by molar-refractivity contribution is 5.75. The van der Waals surface area contributed by atoms with Crippen LogP contribution in [0.15, 0.2) is 54.6 Å². The Balaban J connectivity index is 1.92. The Labute approximate surface area is 117 Å². The molecule has 0 heterocycles. The minimum atomic E-state index is -0.879. The van der Waals surface area contributed by atoms with E-state index in [9.17, 15) is 9.90 Å². The van der Waals surface area contributed by atoms with E-state index in [4.69, 9.17) is 4.74 Å². The summed E-state index contributed by atoms with van der Waals surface area (Å²) >= 11 is 0. The first-order valence-corrected chi connectivity index (χ1v) is 6.79. The van der Waals surface area contributed by atoms with Gasteiger partial charge < -0.3 is 9.84 Å². The van der Waals surface area contributed by atoms with Crippen molar-refractivity contribution in [3.63, 3.8) is 0 Å². The zero-order valence-electron chi connectivity index (χ0n) is 11.0. The van der Waals surface area contributed by atoms with Crippen molar-refractivity contribution < 1.29 is 14.6 Å². The fourth-order valence-electron chi connectivity index (χ4n) is 2.31. The summed E-state index contributed by atoms with van der Waals surface area (Å²) in [6.07, 6.45) is 1.13. The molecule has 1 unspecified atom stereocenters. The second kappa shape index (κ2) is 5.37. The molecular formula is C17H16O3. The van der Waals surface area contributed by atoms with Crippen LogP contribution in [0.5, 0.6) is 5.75 Å². The predicted octanol–water partition coefficient (Wildman–Crippen LogP) is 3.60. The first-order valence-electron chi connectivity index (χ1n) is 6.79. The van der Waals surface area contributed by atoms with Gasteiger partial charge in [-0.2, -0.15) is 0 Å². The molecule has 20 heavy (non-hydrogen) atoms. The lowest BCUT2D eigenvalue weighted by molar-refractivity contribution is -0.146. The summed E-state index contributed by atoms with van der Waals surface area (Å²) in [7, 11) is 0. The van der Waals surface area contributed by atoms with Crippen LogP contribution < -0.4 is 4.74 Å². The van der Waals surface area contributed by atoms with Crippen LogP contribution in [0.2, 0.25) is 0 Å². The molecule has 3 heteroatoms. The first kappa shape index (κ1) is 12.7. The molecule has 1 N–H and O–H groups in total. The maximum atomic E-state index is 11.3. The molecule has 1 atom stereocenters. The Bertz CT molecular complexity index is 603. The van der Waals surface area contributed by atoms with Gasteiger partial charge in [0.1, 0.15) is 5.75 Å². The van der Waals surface area contributed by atoms with Gasteiger partial charge in [0, 0.05) is 11.5 Å². The summed E-state index contributed by atoms with van der Waals surface area (Å²) in [5, 5.41) is 9.28. The molecule has 102 valence electrons. The molecule has 0 radical (unpaired) electrons. The van der Waals surface area contributed by atoms with E-state index in [1.54, 1.807) is 0 Å². The third-order valence-corrected chi connectivity index (χ3v) is 3.52. The van der Waals surface area contributed by atoms with Gasteiger partial charge in [-0.1, -0.05) is 48.5 Å². The number of hydrogen-bond donors (Lipinski definition) is 1. The number of hydrogen-bond acceptors (Lipinski definition) is 2. The number of ether oxygens (including phenoxy) is 1. The molecule has 0 bridgehead atoms. The van der Waals surface area contributed by atoms with Gasteiger partial charge in [0.25, 0.3) is 0 Å². The van der Waals surface area contributed by atoms with Gasteiger partial charge in [-0.25, -0.2) is 4.79 Å². The summed E-state index contributed by atoms with van der Waals surface area (Å²) in [5.74, 6) is -0.0929. The molecule has 2 aromatic rings. The number of carboxylic acid groups (broad SMARTS) is 1. The molecule has 0 spiro atoms. The Kier molecular flexibility index (Phi) is 3.42. The first-order chi connectivity index (χ1) is 9.75. The monoisotopic (exact) mass is 268 g/mol. The van der Waals surface area contributed by atoms with E-state index >= 15 is 0 Å². The Morgan fingerprint density at radius 3 is 2.35 bits per heavy atom. The Morgan fingerprint density at radius 2 is 1.70 bits per heavy atom. The van der Waals surface area contributed by atoms with Crippen molar-refractivity contribution in [2.24, 2.45) is 5.92 Å². The fourth-order valence-corrected chi connectivity index (χ4v) is 2.31. The summed E-state index contributed by atoms with van der Waals surface area (Å²) in [6, 6.07) is 17.5. The van der Waals surface area contributed by atoms with Crippen molar-refractivity contribution in [1.29, 1.82) is 0 Å². The number of carbonyl (C=O) groups is 1. The molecule has 2 aromatic carbocycles. The quantitative estimate of drug-likeness (QED) is 0.901. The van der Waals surface area contributed by atoms with Crippen molar-refractivity contribution in [2.45, 2.75) is 18.9 Å². The predicted molar refractivity (Wildman–Crippen MR) is 76.7 cm³/mol. The molecule has 1 saturated carbocycles. The van der Waals surface area contributed by atoms with E-state index in [0.29, 0.717) is 5.75 Å². The smallest absolute Gasteiger partial charge is 0.345 e. The second-order valence-corrected chi connectivity index (χ2v) is 5.08. The van der Waals surface area contributed by atoms with E-state index in [-0.39, 0.29) is 5.92 Å². The number of benzene rings is 2. The number of rotatable bonds is 5. The van der Waals surface area contributed by atoms with Crippen LogP contribution in [0.3, 0.4) is 0 Å². The largest absolute Gasteiger partial charge is 0.478 e. The highest BCUT2D eigenvalue weighted by Gasteiger charge is 2.38. The van der Waals surface area contributed by atoms with Crippen LogP contribution in [0, 0.1) is 5.92 Å². The standard InChI is InChI=1S/C17H16O3/c18-17(19)16(13-10-11-13)20-15-9-5-4-8-14(15)12-6-2-1-3-7-12/h1-9,13,16H,10-11H2,(H,18,19). The number of carboxylic acids is 1. The normalized spacial score (nSPS) is 15.6. The van der Waals surface area contributed by atoms with Crippen molar-refractivity contribution in [3.8, 4) is 16.9 Å². The van der Waals surface area contributed by atoms with Gasteiger partial charge in [0.2, 0.25) is 0 Å².